The summed E-state index contributed by atoms with van der Waals surface area (Å²) >= 11 is 1.27. The van der Waals surface area contributed by atoms with Gasteiger partial charge < -0.3 is 9.47 Å². The molecule has 4 aromatic rings. The second-order valence-electron chi connectivity index (χ2n) is 6.62. The normalized spacial score (nSPS) is 12.5. The highest BCUT2D eigenvalue weighted by Crippen LogP contribution is 2.33. The second-order valence-corrected chi connectivity index (χ2v) is 7.56. The van der Waals surface area contributed by atoms with Gasteiger partial charge in [-0.1, -0.05) is 30.0 Å². The molecule has 3 heterocycles. The number of Topliss-reactive ketones (excluding diaryl/α,β-unsaturated/α-hetero) is 1. The van der Waals surface area contributed by atoms with Crippen molar-refractivity contribution in [1.82, 2.24) is 19.2 Å². The van der Waals surface area contributed by atoms with E-state index in [1.54, 1.807) is 34.7 Å². The Morgan fingerprint density at radius 1 is 1.17 bits per heavy atom. The van der Waals surface area contributed by atoms with E-state index < -0.39 is 0 Å². The van der Waals surface area contributed by atoms with E-state index in [1.807, 2.05) is 18.2 Å². The Morgan fingerprint density at radius 2 is 2.00 bits per heavy atom. The maximum Gasteiger partial charge on any atom is 0.263 e. The van der Waals surface area contributed by atoms with E-state index in [2.05, 4.69) is 16.8 Å². The van der Waals surface area contributed by atoms with Gasteiger partial charge in [0.2, 0.25) is 12.6 Å². The van der Waals surface area contributed by atoms with Crippen LogP contribution in [0.15, 0.2) is 65.1 Å². The minimum Gasteiger partial charge on any atom is -0.454 e. The first-order chi connectivity index (χ1) is 14.7. The fraction of sp³-hybridized carbons (Fsp3) is 0.143. The zero-order valence-corrected chi connectivity index (χ0v) is 16.6. The molecule has 0 aliphatic carbocycles. The number of ketones is 1. The lowest BCUT2D eigenvalue weighted by atomic mass is 10.1. The van der Waals surface area contributed by atoms with Crippen molar-refractivity contribution in [2.75, 3.05) is 12.5 Å². The molecule has 2 aromatic carbocycles. The highest BCUT2D eigenvalue weighted by atomic mass is 32.2. The van der Waals surface area contributed by atoms with Gasteiger partial charge in [0.1, 0.15) is 0 Å². The number of rotatable bonds is 6. The highest BCUT2D eigenvalue weighted by Gasteiger charge is 2.19. The van der Waals surface area contributed by atoms with Crippen molar-refractivity contribution in [2.45, 2.75) is 11.7 Å². The molecule has 0 amide bonds. The van der Waals surface area contributed by atoms with Gasteiger partial charge in [-0.3, -0.25) is 18.6 Å². The SMILES string of the molecule is C=CCn1c(=O)c2ccccc2n2c(SCC(=O)c3ccc4c(c3)OCO4)nnc12. The van der Waals surface area contributed by atoms with Crippen molar-refractivity contribution in [3.8, 4) is 11.5 Å². The number of hydrogen-bond donors (Lipinski definition) is 0. The Morgan fingerprint density at radius 3 is 2.87 bits per heavy atom. The van der Waals surface area contributed by atoms with Gasteiger partial charge in [-0.15, -0.1) is 16.8 Å². The van der Waals surface area contributed by atoms with Crippen LogP contribution in [-0.4, -0.2) is 37.5 Å². The minimum atomic E-state index is -0.154. The molecule has 0 radical (unpaired) electrons. The summed E-state index contributed by atoms with van der Waals surface area (Å²) in [6.07, 6.45) is 1.64. The van der Waals surface area contributed by atoms with E-state index in [4.69, 9.17) is 9.47 Å². The van der Waals surface area contributed by atoms with Crippen LogP contribution in [0.25, 0.3) is 16.7 Å². The molecule has 0 unspecified atom stereocenters. The van der Waals surface area contributed by atoms with Crippen LogP contribution in [0.2, 0.25) is 0 Å². The summed E-state index contributed by atoms with van der Waals surface area (Å²) < 4.78 is 14.0. The zero-order valence-electron chi connectivity index (χ0n) is 15.8. The first-order valence-corrected chi connectivity index (χ1v) is 10.2. The van der Waals surface area contributed by atoms with Crippen molar-refractivity contribution in [2.24, 2.45) is 0 Å². The molecular formula is C21H16N4O4S. The molecule has 2 aromatic heterocycles. The van der Waals surface area contributed by atoms with Crippen LogP contribution in [-0.2, 0) is 6.54 Å². The predicted molar refractivity (Wildman–Crippen MR) is 113 cm³/mol. The van der Waals surface area contributed by atoms with Crippen molar-refractivity contribution in [3.05, 3.63) is 71.0 Å². The van der Waals surface area contributed by atoms with E-state index in [0.717, 1.165) is 0 Å². The van der Waals surface area contributed by atoms with Crippen molar-refractivity contribution >= 4 is 34.2 Å². The standard InChI is InChI=1S/C21H16N4O4S/c1-2-9-24-19(27)14-5-3-4-6-15(14)25-20(24)22-23-21(25)30-11-16(26)13-7-8-17-18(10-13)29-12-28-17/h2-8,10H,1,9,11-12H2. The Bertz CT molecular complexity index is 1370. The molecular weight excluding hydrogens is 404 g/mol. The topological polar surface area (TPSA) is 87.7 Å². The van der Waals surface area contributed by atoms with Gasteiger partial charge in [0, 0.05) is 12.1 Å². The van der Waals surface area contributed by atoms with Crippen LogP contribution in [0, 0.1) is 0 Å². The average Bonchev–Trinajstić information content (AvgIpc) is 3.41. The molecule has 0 atom stereocenters. The lowest BCUT2D eigenvalue weighted by Gasteiger charge is -2.09. The summed E-state index contributed by atoms with van der Waals surface area (Å²) in [5.41, 5.74) is 1.08. The second kappa shape index (κ2) is 7.34. The molecule has 0 spiro atoms. The van der Waals surface area contributed by atoms with Crippen molar-refractivity contribution < 1.29 is 14.3 Å². The number of ether oxygens (including phenoxy) is 2. The number of allylic oxidation sites excluding steroid dienone is 1. The molecule has 0 saturated heterocycles. The monoisotopic (exact) mass is 420 g/mol. The summed E-state index contributed by atoms with van der Waals surface area (Å²) in [6.45, 7) is 4.19. The van der Waals surface area contributed by atoms with Crippen LogP contribution < -0.4 is 15.0 Å². The molecule has 8 nitrogen and oxygen atoms in total. The van der Waals surface area contributed by atoms with Crippen LogP contribution in [0.4, 0.5) is 0 Å². The van der Waals surface area contributed by atoms with E-state index >= 15 is 0 Å². The lowest BCUT2D eigenvalue weighted by molar-refractivity contribution is 0.102. The van der Waals surface area contributed by atoms with E-state index in [9.17, 15) is 9.59 Å². The predicted octanol–water partition coefficient (Wildman–Crippen LogP) is 2.93. The molecule has 1 aliphatic rings. The Hall–Kier alpha value is -3.59. The molecule has 9 heteroatoms. The van der Waals surface area contributed by atoms with Crippen molar-refractivity contribution in [1.29, 1.82) is 0 Å². The van der Waals surface area contributed by atoms with E-state index in [-0.39, 0.29) is 23.9 Å². The largest absolute Gasteiger partial charge is 0.454 e. The quantitative estimate of drug-likeness (QED) is 0.269. The third-order valence-corrected chi connectivity index (χ3v) is 5.75. The Balaban J connectivity index is 1.51. The molecule has 0 bridgehead atoms. The molecule has 0 N–H and O–H groups in total. The van der Waals surface area contributed by atoms with E-state index in [0.29, 0.717) is 45.4 Å². The summed E-state index contributed by atoms with van der Waals surface area (Å²) in [6, 6.07) is 12.4. The molecule has 0 fully saturated rings. The molecule has 5 rings (SSSR count). The number of fused-ring (bicyclic) bond motifs is 4. The Labute approximate surface area is 174 Å². The smallest absolute Gasteiger partial charge is 0.263 e. The summed E-state index contributed by atoms with van der Waals surface area (Å²) in [7, 11) is 0. The Kier molecular flexibility index (Phi) is 4.51. The molecule has 30 heavy (non-hydrogen) atoms. The maximum atomic E-state index is 12.8. The van der Waals surface area contributed by atoms with Gasteiger partial charge in [-0.05, 0) is 30.3 Å². The molecule has 0 saturated carbocycles. The fourth-order valence-electron chi connectivity index (χ4n) is 3.40. The average molecular weight is 420 g/mol. The number of benzene rings is 2. The zero-order chi connectivity index (χ0) is 20.7. The van der Waals surface area contributed by atoms with Gasteiger partial charge in [-0.25, -0.2) is 0 Å². The first-order valence-electron chi connectivity index (χ1n) is 9.20. The maximum absolute atomic E-state index is 12.8. The number of aromatic nitrogens is 4. The van der Waals surface area contributed by atoms with Gasteiger partial charge in [-0.2, -0.15) is 0 Å². The number of thioether (sulfide) groups is 1. The van der Waals surface area contributed by atoms with Gasteiger partial charge in [0.25, 0.3) is 5.56 Å². The summed E-state index contributed by atoms with van der Waals surface area (Å²) in [5, 5.41) is 9.53. The van der Waals surface area contributed by atoms with Crippen LogP contribution in [0.5, 0.6) is 11.5 Å². The first kappa shape index (κ1) is 18.4. The third kappa shape index (κ3) is 2.94. The third-order valence-electron chi connectivity index (χ3n) is 4.82. The number of hydrogen-bond acceptors (Lipinski definition) is 7. The number of carbonyl (C=O) groups excluding carboxylic acids is 1. The van der Waals surface area contributed by atoms with Gasteiger partial charge >= 0.3 is 0 Å². The van der Waals surface area contributed by atoms with E-state index in [1.165, 1.54) is 16.3 Å². The lowest BCUT2D eigenvalue weighted by Crippen LogP contribution is -2.22. The summed E-state index contributed by atoms with van der Waals surface area (Å²) in [4.78, 5) is 25.6. The number of nitrogens with zero attached hydrogens (tertiary/aromatic N) is 4. The van der Waals surface area contributed by atoms with Crippen molar-refractivity contribution in [3.63, 3.8) is 0 Å². The number of para-hydroxylation sites is 1. The van der Waals surface area contributed by atoms with Gasteiger partial charge in [0.15, 0.2) is 22.4 Å². The highest BCUT2D eigenvalue weighted by molar-refractivity contribution is 7.99. The van der Waals surface area contributed by atoms with Crippen LogP contribution in [0.1, 0.15) is 10.4 Å². The van der Waals surface area contributed by atoms with Gasteiger partial charge in [0.05, 0.1) is 16.7 Å². The van der Waals surface area contributed by atoms with Crippen LogP contribution >= 0.6 is 11.8 Å². The minimum absolute atomic E-state index is 0.0706. The number of carbonyl (C=O) groups is 1. The molecule has 1 aliphatic heterocycles. The molecule has 150 valence electrons. The fourth-order valence-corrected chi connectivity index (χ4v) is 4.24. The summed E-state index contributed by atoms with van der Waals surface area (Å²) in [5.74, 6) is 1.71. The van der Waals surface area contributed by atoms with Crippen LogP contribution in [0.3, 0.4) is 0 Å².